The first-order valence-corrected chi connectivity index (χ1v) is 10.6. The quantitative estimate of drug-likeness (QED) is 0.311. The fourth-order valence-electron chi connectivity index (χ4n) is 3.78. The van der Waals surface area contributed by atoms with E-state index in [2.05, 4.69) is 13.8 Å². The second-order valence-electron chi connectivity index (χ2n) is 8.45. The number of carbonyl (C=O) groups is 2. The van der Waals surface area contributed by atoms with Gasteiger partial charge in [-0.15, -0.1) is 0 Å². The van der Waals surface area contributed by atoms with Crippen LogP contribution in [0.15, 0.2) is 97.1 Å². The minimum atomic E-state index is -0.381. The summed E-state index contributed by atoms with van der Waals surface area (Å²) in [4.78, 5) is 25.3. The van der Waals surface area contributed by atoms with Crippen molar-refractivity contribution >= 4 is 11.6 Å². The average Bonchev–Trinajstić information content (AvgIpc) is 2.84. The molecule has 4 rings (SSSR count). The summed E-state index contributed by atoms with van der Waals surface area (Å²) in [5.41, 5.74) is 3.58. The van der Waals surface area contributed by atoms with Crippen molar-refractivity contribution in [2.45, 2.75) is 19.3 Å². The van der Waals surface area contributed by atoms with Gasteiger partial charge in [0.2, 0.25) is 0 Å². The van der Waals surface area contributed by atoms with Crippen LogP contribution in [0.4, 0.5) is 8.78 Å². The van der Waals surface area contributed by atoms with Gasteiger partial charge in [0.25, 0.3) is 0 Å². The van der Waals surface area contributed by atoms with Gasteiger partial charge in [0, 0.05) is 27.7 Å². The molecule has 0 aliphatic heterocycles. The van der Waals surface area contributed by atoms with Crippen LogP contribution in [0.1, 0.15) is 56.8 Å². The number of ketones is 2. The minimum absolute atomic E-state index is 0.164. The Bertz CT molecular complexity index is 1180. The Hall–Kier alpha value is -3.92. The molecule has 4 aromatic carbocycles. The molecule has 0 fully saturated rings. The van der Waals surface area contributed by atoms with E-state index in [4.69, 9.17) is 0 Å². The van der Waals surface area contributed by atoms with Gasteiger partial charge in [0.15, 0.2) is 11.6 Å². The Labute approximate surface area is 191 Å². The SMILES string of the molecule is CC(C)(c1ccc(C(=O)c2ccc(F)cc2)cc1)c1ccc(C(=O)c2ccc(F)cc2)cc1. The maximum atomic E-state index is 13.1. The number of carbonyl (C=O) groups excluding carboxylic acids is 2. The molecule has 4 aromatic rings. The van der Waals surface area contributed by atoms with Crippen LogP contribution in [0.2, 0.25) is 0 Å². The zero-order valence-corrected chi connectivity index (χ0v) is 18.3. The van der Waals surface area contributed by atoms with Crippen LogP contribution in [0.25, 0.3) is 0 Å². The lowest BCUT2D eigenvalue weighted by atomic mass is 9.77. The van der Waals surface area contributed by atoms with E-state index in [9.17, 15) is 18.4 Å². The lowest BCUT2D eigenvalue weighted by Crippen LogP contribution is -2.19. The van der Waals surface area contributed by atoms with Crippen LogP contribution in [-0.4, -0.2) is 11.6 Å². The third-order valence-corrected chi connectivity index (χ3v) is 5.95. The summed E-state index contributed by atoms with van der Waals surface area (Å²) in [7, 11) is 0. The molecule has 2 nitrogen and oxygen atoms in total. The van der Waals surface area contributed by atoms with Gasteiger partial charge < -0.3 is 0 Å². The largest absolute Gasteiger partial charge is 0.289 e. The first kappa shape index (κ1) is 22.3. The normalized spacial score (nSPS) is 11.3. The summed E-state index contributed by atoms with van der Waals surface area (Å²) < 4.78 is 26.2. The molecule has 0 N–H and O–H groups in total. The van der Waals surface area contributed by atoms with E-state index in [1.54, 1.807) is 24.3 Å². The van der Waals surface area contributed by atoms with E-state index in [1.165, 1.54) is 48.5 Å². The van der Waals surface area contributed by atoms with Gasteiger partial charge in [-0.05, 0) is 59.7 Å². The van der Waals surface area contributed by atoms with Gasteiger partial charge in [-0.3, -0.25) is 9.59 Å². The molecule has 0 saturated carbocycles. The van der Waals surface area contributed by atoms with Gasteiger partial charge in [-0.1, -0.05) is 62.4 Å². The summed E-state index contributed by atoms with van der Waals surface area (Å²) in [6, 6.07) is 25.7. The highest BCUT2D eigenvalue weighted by atomic mass is 19.1. The predicted molar refractivity (Wildman–Crippen MR) is 125 cm³/mol. The van der Waals surface area contributed by atoms with Crippen molar-refractivity contribution < 1.29 is 18.4 Å². The highest BCUT2D eigenvalue weighted by Gasteiger charge is 2.24. The van der Waals surface area contributed by atoms with E-state index in [-0.39, 0.29) is 28.6 Å². The van der Waals surface area contributed by atoms with Gasteiger partial charge in [-0.2, -0.15) is 0 Å². The van der Waals surface area contributed by atoms with Crippen molar-refractivity contribution in [3.63, 3.8) is 0 Å². The Kier molecular flexibility index (Phi) is 6.01. The molecular weight excluding hydrogens is 418 g/mol. The fourth-order valence-corrected chi connectivity index (χ4v) is 3.78. The molecule has 0 heterocycles. The highest BCUT2D eigenvalue weighted by molar-refractivity contribution is 6.09. The monoisotopic (exact) mass is 440 g/mol. The van der Waals surface area contributed by atoms with Crippen molar-refractivity contribution in [2.24, 2.45) is 0 Å². The van der Waals surface area contributed by atoms with Gasteiger partial charge >= 0.3 is 0 Å². The molecule has 0 spiro atoms. The second kappa shape index (κ2) is 8.91. The van der Waals surface area contributed by atoms with E-state index >= 15 is 0 Å². The Morgan fingerprint density at radius 2 is 0.727 bits per heavy atom. The predicted octanol–water partition coefficient (Wildman–Crippen LogP) is 6.75. The maximum absolute atomic E-state index is 13.1. The number of hydrogen-bond donors (Lipinski definition) is 0. The fraction of sp³-hybridized carbons (Fsp3) is 0.103. The lowest BCUT2D eigenvalue weighted by molar-refractivity contribution is 0.103. The van der Waals surface area contributed by atoms with Crippen molar-refractivity contribution in [3.8, 4) is 0 Å². The van der Waals surface area contributed by atoms with Crippen molar-refractivity contribution in [3.05, 3.63) is 142 Å². The van der Waals surface area contributed by atoms with Crippen LogP contribution in [0.5, 0.6) is 0 Å². The van der Waals surface area contributed by atoms with Crippen LogP contribution < -0.4 is 0 Å². The standard InChI is InChI=1S/C29H22F2O2/c1-29(2,23-11-3-19(4-12-23)27(32)21-7-15-25(30)16-8-21)24-13-5-20(6-14-24)28(33)22-9-17-26(31)18-10-22/h3-18H,1-2H3. The first-order chi connectivity index (χ1) is 15.8. The van der Waals surface area contributed by atoms with E-state index < -0.39 is 0 Å². The lowest BCUT2D eigenvalue weighted by Gasteiger charge is -2.26. The Balaban J connectivity index is 1.54. The molecule has 0 atom stereocenters. The summed E-state index contributed by atoms with van der Waals surface area (Å²) >= 11 is 0. The van der Waals surface area contributed by atoms with Crippen LogP contribution in [0, 0.1) is 11.6 Å². The molecule has 4 heteroatoms. The Morgan fingerprint density at radius 1 is 0.485 bits per heavy atom. The van der Waals surface area contributed by atoms with Crippen LogP contribution >= 0.6 is 0 Å². The molecule has 0 amide bonds. The summed E-state index contributed by atoms with van der Waals surface area (Å²) in [6.45, 7) is 4.14. The molecule has 0 saturated heterocycles. The number of halogens is 2. The van der Waals surface area contributed by atoms with Crippen LogP contribution in [0.3, 0.4) is 0 Å². The topological polar surface area (TPSA) is 34.1 Å². The Morgan fingerprint density at radius 3 is 1.00 bits per heavy atom. The highest BCUT2D eigenvalue weighted by Crippen LogP contribution is 2.32. The number of rotatable bonds is 6. The summed E-state index contributed by atoms with van der Waals surface area (Å²) in [6.07, 6.45) is 0. The van der Waals surface area contributed by atoms with Crippen molar-refractivity contribution in [1.29, 1.82) is 0 Å². The van der Waals surface area contributed by atoms with Gasteiger partial charge in [0.05, 0.1) is 0 Å². The average molecular weight is 440 g/mol. The van der Waals surface area contributed by atoms with E-state index in [1.807, 2.05) is 24.3 Å². The van der Waals surface area contributed by atoms with Gasteiger partial charge in [0.1, 0.15) is 11.6 Å². The van der Waals surface area contributed by atoms with E-state index in [0.29, 0.717) is 22.3 Å². The summed E-state index contributed by atoms with van der Waals surface area (Å²) in [5, 5.41) is 0. The van der Waals surface area contributed by atoms with E-state index in [0.717, 1.165) is 11.1 Å². The molecule has 164 valence electrons. The number of benzene rings is 4. The number of hydrogen-bond acceptors (Lipinski definition) is 2. The zero-order valence-electron chi connectivity index (χ0n) is 18.3. The maximum Gasteiger partial charge on any atom is 0.193 e. The molecular formula is C29H22F2O2. The smallest absolute Gasteiger partial charge is 0.193 e. The molecule has 0 aliphatic carbocycles. The third-order valence-electron chi connectivity index (χ3n) is 5.95. The first-order valence-electron chi connectivity index (χ1n) is 10.6. The molecule has 0 unspecified atom stereocenters. The van der Waals surface area contributed by atoms with Gasteiger partial charge in [-0.25, -0.2) is 8.78 Å². The molecule has 0 aromatic heterocycles. The molecule has 0 radical (unpaired) electrons. The molecule has 0 aliphatic rings. The van der Waals surface area contributed by atoms with Crippen molar-refractivity contribution in [1.82, 2.24) is 0 Å². The molecule has 0 bridgehead atoms. The van der Waals surface area contributed by atoms with Crippen LogP contribution in [-0.2, 0) is 5.41 Å². The second-order valence-corrected chi connectivity index (χ2v) is 8.45. The van der Waals surface area contributed by atoms with Crippen molar-refractivity contribution in [2.75, 3.05) is 0 Å². The molecule has 33 heavy (non-hydrogen) atoms. The minimum Gasteiger partial charge on any atom is -0.289 e. The summed E-state index contributed by atoms with van der Waals surface area (Å²) in [5.74, 6) is -1.09. The third kappa shape index (κ3) is 4.65. The zero-order chi connectivity index (χ0) is 23.6.